The first-order valence-electron chi connectivity index (χ1n) is 2.84. The maximum Gasteiger partial charge on any atom is 0.397 e. The lowest BCUT2D eigenvalue weighted by Gasteiger charge is -2.09. The number of hydrogen-bond donors (Lipinski definition) is 0. The molecule has 3 nitrogen and oxygen atoms in total. The molecule has 0 aromatic rings. The highest BCUT2D eigenvalue weighted by Crippen LogP contribution is 2.19. The first-order valence-corrected chi connectivity index (χ1v) is 2.84. The van der Waals surface area contributed by atoms with Crippen LogP contribution >= 0.6 is 0 Å². The number of hydrogen-bond acceptors (Lipinski definition) is 2. The fourth-order valence-corrected chi connectivity index (χ4v) is 0.723. The van der Waals surface area contributed by atoms with Gasteiger partial charge in [0.1, 0.15) is 0 Å². The molecular weight excluding hydrogens is 137 g/mol. The average Bonchev–Trinajstić information content (AvgIpc) is 1.89. The third-order valence-corrected chi connectivity index (χ3v) is 1.26. The van der Waals surface area contributed by atoms with E-state index in [4.69, 9.17) is 0 Å². The Labute approximate surface area is 57.0 Å². The number of nitrogens with zero attached hydrogens (tertiary/aromatic N) is 1. The van der Waals surface area contributed by atoms with Crippen molar-refractivity contribution < 1.29 is 9.31 Å². The van der Waals surface area contributed by atoms with E-state index in [9.17, 15) is 14.5 Å². The Morgan fingerprint density at radius 2 is 2.00 bits per heavy atom. The van der Waals surface area contributed by atoms with Crippen LogP contribution in [0.5, 0.6) is 0 Å². The molecule has 0 spiro atoms. The van der Waals surface area contributed by atoms with Gasteiger partial charge in [0.25, 0.3) is 0 Å². The molecular formula is C6H6FNO2. The van der Waals surface area contributed by atoms with E-state index in [0.29, 0.717) is 6.42 Å². The second-order valence-corrected chi connectivity index (χ2v) is 2.03. The quantitative estimate of drug-likeness (QED) is 0.241. The molecule has 0 saturated carbocycles. The van der Waals surface area contributed by atoms with Crippen molar-refractivity contribution in [3.8, 4) is 0 Å². The molecule has 0 fully saturated rings. The molecule has 1 rings (SSSR count). The van der Waals surface area contributed by atoms with Gasteiger partial charge in [-0.1, -0.05) is 12.2 Å². The standard InChI is InChI=1S/C6H6FNO2/c7-6(8(9)10)4-2-1-3-5-6/h2-5H,1H2. The molecule has 0 bridgehead atoms. The van der Waals surface area contributed by atoms with Gasteiger partial charge in [-0.15, -0.1) is 0 Å². The Hall–Kier alpha value is -1.19. The summed E-state index contributed by atoms with van der Waals surface area (Å²) in [5.41, 5.74) is 0. The number of rotatable bonds is 1. The van der Waals surface area contributed by atoms with Gasteiger partial charge in [-0.3, -0.25) is 10.1 Å². The van der Waals surface area contributed by atoms with Crippen LogP contribution in [0.1, 0.15) is 6.42 Å². The normalized spacial score (nSPS) is 20.9. The topological polar surface area (TPSA) is 43.1 Å². The van der Waals surface area contributed by atoms with Gasteiger partial charge in [0, 0.05) is 12.2 Å². The zero-order valence-corrected chi connectivity index (χ0v) is 5.16. The molecule has 0 aromatic carbocycles. The molecule has 0 aromatic heterocycles. The Bertz CT molecular complexity index is 198. The third-order valence-electron chi connectivity index (χ3n) is 1.26. The minimum absolute atomic E-state index is 0.569. The third kappa shape index (κ3) is 1.05. The predicted molar refractivity (Wildman–Crippen MR) is 33.7 cm³/mol. The van der Waals surface area contributed by atoms with Gasteiger partial charge >= 0.3 is 5.79 Å². The van der Waals surface area contributed by atoms with Crippen molar-refractivity contribution in [1.82, 2.24) is 0 Å². The van der Waals surface area contributed by atoms with Crippen LogP contribution in [0.3, 0.4) is 0 Å². The van der Waals surface area contributed by atoms with E-state index in [0.717, 1.165) is 12.2 Å². The maximum absolute atomic E-state index is 12.8. The summed E-state index contributed by atoms with van der Waals surface area (Å²) in [6, 6.07) is 0. The van der Waals surface area contributed by atoms with Crippen molar-refractivity contribution in [3.05, 3.63) is 34.4 Å². The smallest absolute Gasteiger partial charge is 0.261 e. The highest BCUT2D eigenvalue weighted by Gasteiger charge is 2.37. The van der Waals surface area contributed by atoms with E-state index in [1.807, 2.05) is 0 Å². The molecule has 1 aliphatic carbocycles. The predicted octanol–water partition coefficient (Wildman–Crippen LogP) is 1.45. The Morgan fingerprint density at radius 3 is 2.30 bits per heavy atom. The van der Waals surface area contributed by atoms with Gasteiger partial charge in [-0.2, -0.15) is 4.39 Å². The number of halogens is 1. The zero-order chi connectivity index (χ0) is 7.61. The molecule has 0 atom stereocenters. The number of allylic oxidation sites excluding steroid dienone is 2. The van der Waals surface area contributed by atoms with Crippen molar-refractivity contribution in [2.45, 2.75) is 12.2 Å². The van der Waals surface area contributed by atoms with E-state index >= 15 is 0 Å². The molecule has 0 heterocycles. The van der Waals surface area contributed by atoms with Crippen LogP contribution in [-0.2, 0) is 0 Å². The van der Waals surface area contributed by atoms with E-state index in [2.05, 4.69) is 0 Å². The molecule has 10 heavy (non-hydrogen) atoms. The number of alkyl halides is 1. The van der Waals surface area contributed by atoms with Gasteiger partial charge in [-0.25, -0.2) is 0 Å². The van der Waals surface area contributed by atoms with Crippen molar-refractivity contribution >= 4 is 0 Å². The van der Waals surface area contributed by atoms with Crippen LogP contribution in [0.4, 0.5) is 4.39 Å². The SMILES string of the molecule is O=[N+]([O-])C1(F)C=CCC=C1. The summed E-state index contributed by atoms with van der Waals surface area (Å²) >= 11 is 0. The van der Waals surface area contributed by atoms with Crippen molar-refractivity contribution in [2.75, 3.05) is 0 Å². The van der Waals surface area contributed by atoms with Crippen molar-refractivity contribution in [2.24, 2.45) is 0 Å². The first-order chi connectivity index (χ1) is 4.65. The van der Waals surface area contributed by atoms with Gasteiger partial charge in [0.15, 0.2) is 0 Å². The summed E-state index contributed by atoms with van der Waals surface area (Å²) in [6.07, 6.45) is 5.34. The molecule has 4 heteroatoms. The highest BCUT2D eigenvalue weighted by atomic mass is 19.1. The minimum atomic E-state index is -2.46. The summed E-state index contributed by atoms with van der Waals surface area (Å²) in [5, 5.41) is 10.0. The lowest BCUT2D eigenvalue weighted by atomic mass is 10.1. The largest absolute Gasteiger partial charge is 0.397 e. The van der Waals surface area contributed by atoms with Crippen molar-refractivity contribution in [3.63, 3.8) is 0 Å². The number of nitro groups is 1. The first kappa shape index (κ1) is 6.92. The maximum atomic E-state index is 12.8. The van der Waals surface area contributed by atoms with Crippen LogP contribution < -0.4 is 0 Å². The lowest BCUT2D eigenvalue weighted by Crippen LogP contribution is -2.28. The Morgan fingerprint density at radius 1 is 1.50 bits per heavy atom. The molecule has 0 saturated heterocycles. The summed E-state index contributed by atoms with van der Waals surface area (Å²) in [6.45, 7) is 0. The lowest BCUT2D eigenvalue weighted by molar-refractivity contribution is -0.573. The molecule has 0 radical (unpaired) electrons. The summed E-state index contributed by atoms with van der Waals surface area (Å²) in [7, 11) is 0. The van der Waals surface area contributed by atoms with Gasteiger partial charge < -0.3 is 0 Å². The van der Waals surface area contributed by atoms with Crippen LogP contribution in [0.2, 0.25) is 0 Å². The Kier molecular flexibility index (Phi) is 1.53. The van der Waals surface area contributed by atoms with E-state index in [-0.39, 0.29) is 0 Å². The fraction of sp³-hybridized carbons (Fsp3) is 0.333. The van der Waals surface area contributed by atoms with E-state index < -0.39 is 10.7 Å². The average molecular weight is 143 g/mol. The van der Waals surface area contributed by atoms with E-state index in [1.165, 1.54) is 12.2 Å². The van der Waals surface area contributed by atoms with Gasteiger partial charge in [0.05, 0.1) is 4.92 Å². The monoisotopic (exact) mass is 143 g/mol. The zero-order valence-electron chi connectivity index (χ0n) is 5.16. The van der Waals surface area contributed by atoms with E-state index in [1.54, 1.807) is 0 Å². The van der Waals surface area contributed by atoms with Crippen LogP contribution in [0, 0.1) is 10.1 Å². The van der Waals surface area contributed by atoms with Crippen molar-refractivity contribution in [1.29, 1.82) is 0 Å². The molecule has 0 aliphatic heterocycles. The van der Waals surface area contributed by atoms with Gasteiger partial charge in [0.2, 0.25) is 0 Å². The summed E-state index contributed by atoms with van der Waals surface area (Å²) < 4.78 is 12.8. The van der Waals surface area contributed by atoms with Gasteiger partial charge in [-0.05, 0) is 6.42 Å². The summed E-state index contributed by atoms with van der Waals surface area (Å²) in [5.74, 6) is -2.46. The molecule has 0 N–H and O–H groups in total. The second kappa shape index (κ2) is 2.21. The molecule has 0 amide bonds. The molecule has 54 valence electrons. The van der Waals surface area contributed by atoms with Crippen LogP contribution in [0.15, 0.2) is 24.3 Å². The second-order valence-electron chi connectivity index (χ2n) is 2.03. The van der Waals surface area contributed by atoms with Crippen LogP contribution in [-0.4, -0.2) is 10.7 Å². The molecule has 0 unspecified atom stereocenters. The fourth-order valence-electron chi connectivity index (χ4n) is 0.723. The molecule has 1 aliphatic rings. The Balaban J connectivity index is 2.85. The summed E-state index contributed by atoms with van der Waals surface area (Å²) in [4.78, 5) is 9.04. The van der Waals surface area contributed by atoms with Crippen LogP contribution in [0.25, 0.3) is 0 Å². The minimum Gasteiger partial charge on any atom is -0.261 e. The highest BCUT2D eigenvalue weighted by molar-refractivity contribution is 5.14.